The van der Waals surface area contributed by atoms with E-state index in [0.717, 1.165) is 44.0 Å². The molecule has 1 aromatic heterocycles. The van der Waals surface area contributed by atoms with Crippen LogP contribution in [-0.2, 0) is 11.3 Å². The number of rotatable bonds is 6. The molecule has 2 heterocycles. The highest BCUT2D eigenvalue weighted by atomic mass is 16.5. The van der Waals surface area contributed by atoms with Crippen molar-refractivity contribution < 1.29 is 9.53 Å². The first kappa shape index (κ1) is 18.3. The second-order valence-electron chi connectivity index (χ2n) is 7.36. The molecule has 6 heteroatoms. The maximum atomic E-state index is 12.6. The van der Waals surface area contributed by atoms with Gasteiger partial charge in [0.2, 0.25) is 5.91 Å². The summed E-state index contributed by atoms with van der Waals surface area (Å²) < 4.78 is 7.54. The Morgan fingerprint density at radius 2 is 2.08 bits per heavy atom. The van der Waals surface area contributed by atoms with E-state index in [4.69, 9.17) is 4.74 Å². The van der Waals surface area contributed by atoms with Gasteiger partial charge in [-0.15, -0.1) is 0 Å². The van der Waals surface area contributed by atoms with E-state index >= 15 is 0 Å². The number of amides is 1. The van der Waals surface area contributed by atoms with Gasteiger partial charge in [0.05, 0.1) is 24.7 Å². The van der Waals surface area contributed by atoms with E-state index in [1.165, 1.54) is 0 Å². The first-order valence-electron chi connectivity index (χ1n) is 9.15. The molecule has 3 rings (SSSR count). The maximum Gasteiger partial charge on any atom is 0.222 e. The third-order valence-electron chi connectivity index (χ3n) is 5.00. The van der Waals surface area contributed by atoms with Crippen LogP contribution in [0.2, 0.25) is 0 Å². The van der Waals surface area contributed by atoms with Gasteiger partial charge in [-0.25, -0.2) is 4.98 Å². The second-order valence-corrected chi connectivity index (χ2v) is 7.36. The number of benzene rings is 1. The standard InChI is InChI=1S/C20H28N4O2/c1-20(2)15-23(19(25)9-6-11-22-12-10-21-16-22)13-14-24(20)17-7-4-5-8-18(17)26-3/h4-5,7-8,10,12,16H,6,9,11,13-15H2,1-3H3. The van der Waals surface area contributed by atoms with Gasteiger partial charge < -0.3 is 19.1 Å². The highest BCUT2D eigenvalue weighted by molar-refractivity contribution is 5.77. The van der Waals surface area contributed by atoms with Crippen LogP contribution in [0.25, 0.3) is 0 Å². The van der Waals surface area contributed by atoms with Crippen LogP contribution in [0.5, 0.6) is 5.75 Å². The van der Waals surface area contributed by atoms with E-state index < -0.39 is 0 Å². The molecule has 0 aliphatic carbocycles. The topological polar surface area (TPSA) is 50.6 Å². The van der Waals surface area contributed by atoms with E-state index in [2.05, 4.69) is 29.8 Å². The van der Waals surface area contributed by atoms with Gasteiger partial charge in [-0.3, -0.25) is 4.79 Å². The number of hydrogen-bond donors (Lipinski definition) is 0. The molecule has 26 heavy (non-hydrogen) atoms. The number of anilines is 1. The monoisotopic (exact) mass is 356 g/mol. The summed E-state index contributed by atoms with van der Waals surface area (Å²) in [5.74, 6) is 1.11. The largest absolute Gasteiger partial charge is 0.495 e. The Balaban J connectivity index is 1.60. The fourth-order valence-electron chi connectivity index (χ4n) is 3.66. The normalized spacial score (nSPS) is 16.6. The fraction of sp³-hybridized carbons (Fsp3) is 0.500. The van der Waals surface area contributed by atoms with Crippen LogP contribution in [0.3, 0.4) is 0 Å². The van der Waals surface area contributed by atoms with Crippen molar-refractivity contribution in [2.45, 2.75) is 38.8 Å². The van der Waals surface area contributed by atoms with Gasteiger partial charge in [0, 0.05) is 45.0 Å². The van der Waals surface area contributed by atoms with Crippen molar-refractivity contribution >= 4 is 11.6 Å². The number of nitrogens with zero attached hydrogens (tertiary/aromatic N) is 4. The Morgan fingerprint density at radius 3 is 2.77 bits per heavy atom. The Kier molecular flexibility index (Phi) is 5.49. The van der Waals surface area contributed by atoms with Gasteiger partial charge >= 0.3 is 0 Å². The summed E-state index contributed by atoms with van der Waals surface area (Å²) in [6.45, 7) is 7.46. The number of piperazine rings is 1. The molecule has 1 fully saturated rings. The molecule has 0 spiro atoms. The molecule has 0 bridgehead atoms. The van der Waals surface area contributed by atoms with Crippen molar-refractivity contribution in [3.63, 3.8) is 0 Å². The lowest BCUT2D eigenvalue weighted by atomic mass is 9.97. The number of hydrogen-bond acceptors (Lipinski definition) is 4. The number of aromatic nitrogens is 2. The molecule has 0 radical (unpaired) electrons. The molecule has 1 aliphatic rings. The molecule has 0 unspecified atom stereocenters. The van der Waals surface area contributed by atoms with Crippen molar-refractivity contribution in [2.75, 3.05) is 31.6 Å². The van der Waals surface area contributed by atoms with Crippen molar-refractivity contribution in [3.05, 3.63) is 43.0 Å². The molecule has 2 aromatic rings. The van der Waals surface area contributed by atoms with E-state index in [0.29, 0.717) is 6.42 Å². The zero-order valence-electron chi connectivity index (χ0n) is 15.9. The predicted molar refractivity (Wildman–Crippen MR) is 102 cm³/mol. The zero-order chi connectivity index (χ0) is 18.6. The zero-order valence-corrected chi connectivity index (χ0v) is 15.9. The van der Waals surface area contributed by atoms with Crippen molar-refractivity contribution in [1.29, 1.82) is 0 Å². The molecule has 140 valence electrons. The first-order chi connectivity index (χ1) is 12.5. The second kappa shape index (κ2) is 7.81. The molecule has 0 saturated carbocycles. The molecule has 0 atom stereocenters. The molecule has 1 aliphatic heterocycles. The number of carbonyl (C=O) groups excluding carboxylic acids is 1. The van der Waals surface area contributed by atoms with Crippen LogP contribution in [0.1, 0.15) is 26.7 Å². The van der Waals surface area contributed by atoms with Crippen LogP contribution in [0.15, 0.2) is 43.0 Å². The van der Waals surface area contributed by atoms with E-state index in [-0.39, 0.29) is 11.4 Å². The Labute approximate surface area is 155 Å². The summed E-state index contributed by atoms with van der Waals surface area (Å²) in [6.07, 6.45) is 6.89. The number of aryl methyl sites for hydroxylation is 1. The summed E-state index contributed by atoms with van der Waals surface area (Å²) in [4.78, 5) is 21.0. The van der Waals surface area contributed by atoms with Crippen LogP contribution >= 0.6 is 0 Å². The number of imidazole rings is 1. The van der Waals surface area contributed by atoms with E-state index in [9.17, 15) is 4.79 Å². The minimum Gasteiger partial charge on any atom is -0.495 e. The lowest BCUT2D eigenvalue weighted by Crippen LogP contribution is -2.60. The predicted octanol–water partition coefficient (Wildman–Crippen LogP) is 2.80. The first-order valence-corrected chi connectivity index (χ1v) is 9.15. The fourth-order valence-corrected chi connectivity index (χ4v) is 3.66. The molecule has 1 saturated heterocycles. The molecular weight excluding hydrogens is 328 g/mol. The summed E-state index contributed by atoms with van der Waals surface area (Å²) in [5.41, 5.74) is 0.944. The highest BCUT2D eigenvalue weighted by Gasteiger charge is 2.36. The third kappa shape index (κ3) is 4.00. The Bertz CT molecular complexity index is 727. The number of carbonyl (C=O) groups is 1. The van der Waals surface area contributed by atoms with Gasteiger partial charge in [0.25, 0.3) is 0 Å². The average Bonchev–Trinajstić information content (AvgIpc) is 3.14. The lowest BCUT2D eigenvalue weighted by Gasteiger charge is -2.48. The SMILES string of the molecule is COc1ccccc1N1CCN(C(=O)CCCn2ccnc2)CC1(C)C. The van der Waals surface area contributed by atoms with Gasteiger partial charge in [-0.1, -0.05) is 12.1 Å². The van der Waals surface area contributed by atoms with Gasteiger partial charge in [-0.05, 0) is 32.4 Å². The minimum absolute atomic E-state index is 0.146. The highest BCUT2D eigenvalue weighted by Crippen LogP contribution is 2.34. The van der Waals surface area contributed by atoms with Crippen LogP contribution < -0.4 is 9.64 Å². The van der Waals surface area contributed by atoms with Gasteiger partial charge in [0.15, 0.2) is 0 Å². The lowest BCUT2D eigenvalue weighted by molar-refractivity contribution is -0.132. The molecule has 0 N–H and O–H groups in total. The van der Waals surface area contributed by atoms with Crippen molar-refractivity contribution in [1.82, 2.24) is 14.5 Å². The summed E-state index contributed by atoms with van der Waals surface area (Å²) >= 11 is 0. The molecule has 6 nitrogen and oxygen atoms in total. The van der Waals surface area contributed by atoms with E-state index in [1.807, 2.05) is 33.9 Å². The minimum atomic E-state index is -0.146. The average molecular weight is 356 g/mol. The van der Waals surface area contributed by atoms with Crippen molar-refractivity contribution in [3.8, 4) is 5.75 Å². The van der Waals surface area contributed by atoms with Crippen LogP contribution in [-0.4, -0.2) is 52.6 Å². The Morgan fingerprint density at radius 1 is 1.27 bits per heavy atom. The molecular formula is C20H28N4O2. The van der Waals surface area contributed by atoms with Crippen LogP contribution in [0, 0.1) is 0 Å². The number of ether oxygens (including phenoxy) is 1. The molecule has 1 amide bonds. The van der Waals surface area contributed by atoms with Gasteiger partial charge in [0.1, 0.15) is 5.75 Å². The maximum absolute atomic E-state index is 12.6. The quantitative estimate of drug-likeness (QED) is 0.799. The number of methoxy groups -OCH3 is 1. The smallest absolute Gasteiger partial charge is 0.222 e. The summed E-state index contributed by atoms with van der Waals surface area (Å²) in [5, 5.41) is 0. The summed E-state index contributed by atoms with van der Waals surface area (Å²) in [6, 6.07) is 8.08. The summed E-state index contributed by atoms with van der Waals surface area (Å²) in [7, 11) is 1.70. The van der Waals surface area contributed by atoms with Gasteiger partial charge in [-0.2, -0.15) is 0 Å². The Hall–Kier alpha value is -2.50. The number of para-hydroxylation sites is 2. The van der Waals surface area contributed by atoms with Crippen LogP contribution in [0.4, 0.5) is 5.69 Å². The van der Waals surface area contributed by atoms with Crippen molar-refractivity contribution in [2.24, 2.45) is 0 Å². The third-order valence-corrected chi connectivity index (χ3v) is 5.00. The van der Waals surface area contributed by atoms with E-state index in [1.54, 1.807) is 19.6 Å². The molecule has 1 aromatic carbocycles.